The summed E-state index contributed by atoms with van der Waals surface area (Å²) in [5, 5.41) is 0. The van der Waals surface area contributed by atoms with Crippen LogP contribution in [0.15, 0.2) is 21.1 Å². The van der Waals surface area contributed by atoms with Gasteiger partial charge in [-0.05, 0) is 75.4 Å². The molecule has 110 valence electrons. The first-order valence-corrected chi connectivity index (χ1v) is 8.18. The summed E-state index contributed by atoms with van der Waals surface area (Å²) in [6, 6.07) is 4.36. The fourth-order valence-electron chi connectivity index (χ4n) is 1.96. The fourth-order valence-corrected chi connectivity index (χ4v) is 3.47. The summed E-state index contributed by atoms with van der Waals surface area (Å²) in [7, 11) is 1.83. The van der Waals surface area contributed by atoms with E-state index < -0.39 is 0 Å². The standard InChI is InChI=1S/C14H18Br2N2O2/c1-18(10-2-3-10)13(19)8-20-14-11(15)6-9(4-5-17)7-12(14)16/h6-7,10H,2-5,8,17H2,1H3. The van der Waals surface area contributed by atoms with Crippen molar-refractivity contribution < 1.29 is 9.53 Å². The molecule has 1 saturated carbocycles. The second-order valence-electron chi connectivity index (χ2n) is 4.95. The molecule has 1 aromatic carbocycles. The summed E-state index contributed by atoms with van der Waals surface area (Å²) in [5.74, 6) is 0.667. The molecule has 0 unspecified atom stereocenters. The van der Waals surface area contributed by atoms with Crippen LogP contribution in [-0.4, -0.2) is 37.0 Å². The molecule has 0 bridgehead atoms. The molecule has 0 aromatic heterocycles. The Hall–Kier alpha value is -0.590. The lowest BCUT2D eigenvalue weighted by Gasteiger charge is -2.17. The fraction of sp³-hybridized carbons (Fsp3) is 0.500. The molecule has 20 heavy (non-hydrogen) atoms. The Kier molecular flexibility index (Phi) is 5.46. The second-order valence-corrected chi connectivity index (χ2v) is 6.66. The van der Waals surface area contributed by atoms with Crippen molar-refractivity contribution in [1.29, 1.82) is 0 Å². The molecule has 6 heteroatoms. The maximum atomic E-state index is 11.9. The molecule has 0 saturated heterocycles. The molecular weight excluding hydrogens is 388 g/mol. The van der Waals surface area contributed by atoms with Gasteiger partial charge >= 0.3 is 0 Å². The number of ether oxygens (including phenoxy) is 1. The highest BCUT2D eigenvalue weighted by atomic mass is 79.9. The molecule has 0 heterocycles. The number of halogens is 2. The first kappa shape index (κ1) is 15.8. The number of carbonyl (C=O) groups excluding carboxylic acids is 1. The van der Waals surface area contributed by atoms with Gasteiger partial charge in [-0.2, -0.15) is 0 Å². The van der Waals surface area contributed by atoms with E-state index in [0.29, 0.717) is 18.3 Å². The predicted octanol–water partition coefficient (Wildman–Crippen LogP) is 2.71. The van der Waals surface area contributed by atoms with E-state index in [1.54, 1.807) is 4.90 Å². The maximum absolute atomic E-state index is 11.9. The largest absolute Gasteiger partial charge is 0.481 e. The van der Waals surface area contributed by atoms with E-state index in [4.69, 9.17) is 10.5 Å². The van der Waals surface area contributed by atoms with Gasteiger partial charge in [-0.25, -0.2) is 0 Å². The summed E-state index contributed by atoms with van der Waals surface area (Å²) in [4.78, 5) is 13.7. The summed E-state index contributed by atoms with van der Waals surface area (Å²) in [6.45, 7) is 0.657. The zero-order chi connectivity index (χ0) is 14.7. The van der Waals surface area contributed by atoms with Crippen LogP contribution in [0.25, 0.3) is 0 Å². The van der Waals surface area contributed by atoms with Crippen LogP contribution in [0.4, 0.5) is 0 Å². The van der Waals surface area contributed by atoms with Gasteiger partial charge in [0.15, 0.2) is 6.61 Å². The molecule has 1 aromatic rings. The number of benzene rings is 1. The highest BCUT2D eigenvalue weighted by molar-refractivity contribution is 9.11. The molecule has 1 aliphatic carbocycles. The molecule has 0 atom stereocenters. The highest BCUT2D eigenvalue weighted by Crippen LogP contribution is 2.35. The van der Waals surface area contributed by atoms with Gasteiger partial charge < -0.3 is 15.4 Å². The van der Waals surface area contributed by atoms with Gasteiger partial charge in [0.1, 0.15) is 5.75 Å². The number of hydrogen-bond acceptors (Lipinski definition) is 3. The Morgan fingerprint density at radius 1 is 1.40 bits per heavy atom. The van der Waals surface area contributed by atoms with Crippen LogP contribution in [0.3, 0.4) is 0 Å². The Morgan fingerprint density at radius 2 is 2.00 bits per heavy atom. The maximum Gasteiger partial charge on any atom is 0.260 e. The minimum absolute atomic E-state index is 0.0114. The first-order chi connectivity index (χ1) is 9.52. The number of hydrogen-bond donors (Lipinski definition) is 1. The van der Waals surface area contributed by atoms with E-state index in [2.05, 4.69) is 31.9 Å². The van der Waals surface area contributed by atoms with Gasteiger partial charge in [-0.1, -0.05) is 0 Å². The third kappa shape index (κ3) is 3.96. The molecular formula is C14H18Br2N2O2. The quantitative estimate of drug-likeness (QED) is 0.791. The lowest BCUT2D eigenvalue weighted by molar-refractivity contribution is -0.132. The minimum Gasteiger partial charge on any atom is -0.481 e. The van der Waals surface area contributed by atoms with Crippen molar-refractivity contribution in [2.75, 3.05) is 20.2 Å². The van der Waals surface area contributed by atoms with E-state index in [-0.39, 0.29) is 12.5 Å². The minimum atomic E-state index is 0.0114. The van der Waals surface area contributed by atoms with E-state index in [9.17, 15) is 4.79 Å². The Morgan fingerprint density at radius 3 is 2.50 bits per heavy atom. The van der Waals surface area contributed by atoms with Crippen molar-refractivity contribution in [1.82, 2.24) is 4.90 Å². The van der Waals surface area contributed by atoms with Crippen molar-refractivity contribution in [2.24, 2.45) is 5.73 Å². The molecule has 2 rings (SSSR count). The van der Waals surface area contributed by atoms with Crippen molar-refractivity contribution >= 4 is 37.8 Å². The topological polar surface area (TPSA) is 55.6 Å². The van der Waals surface area contributed by atoms with Crippen LogP contribution in [0, 0.1) is 0 Å². The van der Waals surface area contributed by atoms with Crippen molar-refractivity contribution in [3.8, 4) is 5.75 Å². The summed E-state index contributed by atoms with van der Waals surface area (Å²) < 4.78 is 7.31. The molecule has 2 N–H and O–H groups in total. The lowest BCUT2D eigenvalue weighted by atomic mass is 10.1. The van der Waals surface area contributed by atoms with Crippen LogP contribution in [0.1, 0.15) is 18.4 Å². The monoisotopic (exact) mass is 404 g/mol. The molecule has 0 radical (unpaired) electrons. The Bertz CT molecular complexity index is 481. The third-order valence-electron chi connectivity index (χ3n) is 3.32. The van der Waals surface area contributed by atoms with Crippen LogP contribution in [-0.2, 0) is 11.2 Å². The van der Waals surface area contributed by atoms with E-state index in [1.165, 1.54) is 0 Å². The van der Waals surface area contributed by atoms with E-state index in [0.717, 1.165) is 33.8 Å². The number of rotatable bonds is 6. The summed E-state index contributed by atoms with van der Waals surface area (Å²) in [6.07, 6.45) is 3.01. The molecule has 1 fully saturated rings. The van der Waals surface area contributed by atoms with Gasteiger partial charge in [0, 0.05) is 13.1 Å². The number of amides is 1. The number of carbonyl (C=O) groups is 1. The molecule has 1 amide bonds. The lowest BCUT2D eigenvalue weighted by Crippen LogP contribution is -2.33. The molecule has 4 nitrogen and oxygen atoms in total. The molecule has 0 aliphatic heterocycles. The van der Waals surface area contributed by atoms with E-state index >= 15 is 0 Å². The summed E-state index contributed by atoms with van der Waals surface area (Å²) in [5.41, 5.74) is 6.68. The average molecular weight is 406 g/mol. The number of nitrogens with zero attached hydrogens (tertiary/aromatic N) is 1. The zero-order valence-electron chi connectivity index (χ0n) is 11.4. The Balaban J connectivity index is 2.00. The normalized spacial score (nSPS) is 14.2. The SMILES string of the molecule is CN(C(=O)COc1c(Br)cc(CCN)cc1Br)C1CC1. The van der Waals surface area contributed by atoms with Crippen LogP contribution < -0.4 is 10.5 Å². The van der Waals surface area contributed by atoms with Gasteiger partial charge in [-0.15, -0.1) is 0 Å². The highest BCUT2D eigenvalue weighted by Gasteiger charge is 2.29. The number of likely N-dealkylation sites (N-methyl/N-ethyl adjacent to an activating group) is 1. The van der Waals surface area contributed by atoms with Crippen molar-refractivity contribution in [3.05, 3.63) is 26.6 Å². The smallest absolute Gasteiger partial charge is 0.260 e. The van der Waals surface area contributed by atoms with E-state index in [1.807, 2.05) is 19.2 Å². The average Bonchev–Trinajstić information content (AvgIpc) is 3.21. The number of nitrogens with two attached hydrogens (primary N) is 1. The second kappa shape index (κ2) is 6.91. The van der Waals surface area contributed by atoms with Crippen molar-refractivity contribution in [2.45, 2.75) is 25.3 Å². The van der Waals surface area contributed by atoms with Crippen molar-refractivity contribution in [3.63, 3.8) is 0 Å². The summed E-state index contributed by atoms with van der Waals surface area (Å²) >= 11 is 6.95. The Labute approximate surface area is 135 Å². The third-order valence-corrected chi connectivity index (χ3v) is 4.50. The van der Waals surface area contributed by atoms with Crippen LogP contribution in [0.5, 0.6) is 5.75 Å². The van der Waals surface area contributed by atoms with Gasteiger partial charge in [-0.3, -0.25) is 4.79 Å². The predicted molar refractivity (Wildman–Crippen MR) is 85.9 cm³/mol. The molecule has 0 spiro atoms. The van der Waals surface area contributed by atoms with Crippen LogP contribution in [0.2, 0.25) is 0 Å². The van der Waals surface area contributed by atoms with Gasteiger partial charge in [0.2, 0.25) is 0 Å². The van der Waals surface area contributed by atoms with Gasteiger partial charge in [0.05, 0.1) is 8.95 Å². The van der Waals surface area contributed by atoms with Crippen LogP contribution >= 0.6 is 31.9 Å². The first-order valence-electron chi connectivity index (χ1n) is 6.59. The zero-order valence-corrected chi connectivity index (χ0v) is 14.5. The molecule has 1 aliphatic rings. The van der Waals surface area contributed by atoms with Gasteiger partial charge in [0.25, 0.3) is 5.91 Å².